The second-order valence-corrected chi connectivity index (χ2v) is 7.11. The van der Waals surface area contributed by atoms with E-state index in [9.17, 15) is 4.79 Å². The molecular formula is C22H25N5O. The van der Waals surface area contributed by atoms with Gasteiger partial charge in [0.25, 0.3) is 0 Å². The van der Waals surface area contributed by atoms with E-state index < -0.39 is 0 Å². The first kappa shape index (κ1) is 18.1. The third-order valence-corrected chi connectivity index (χ3v) is 5.15. The summed E-state index contributed by atoms with van der Waals surface area (Å²) in [5, 5.41) is 10.2. The Morgan fingerprint density at radius 1 is 1.14 bits per heavy atom. The Morgan fingerprint density at radius 2 is 2.04 bits per heavy atom. The van der Waals surface area contributed by atoms with Gasteiger partial charge in [0.2, 0.25) is 0 Å². The van der Waals surface area contributed by atoms with E-state index in [1.54, 1.807) is 10.9 Å². The maximum Gasteiger partial charge on any atom is 0.315 e. The monoisotopic (exact) mass is 375 g/mol. The smallest absolute Gasteiger partial charge is 0.315 e. The maximum atomic E-state index is 12.2. The van der Waals surface area contributed by atoms with E-state index in [0.717, 1.165) is 24.2 Å². The minimum absolute atomic E-state index is 0.149. The van der Waals surface area contributed by atoms with E-state index >= 15 is 0 Å². The van der Waals surface area contributed by atoms with Crippen LogP contribution in [-0.2, 0) is 13.0 Å². The summed E-state index contributed by atoms with van der Waals surface area (Å²) < 4.78 is 1.80. The molecule has 1 aromatic heterocycles. The Labute approximate surface area is 165 Å². The summed E-state index contributed by atoms with van der Waals surface area (Å²) in [6.45, 7) is 4.23. The number of nitrogens with one attached hydrogen (secondary N) is 2. The molecule has 0 bridgehead atoms. The molecule has 1 atom stereocenters. The Hall–Kier alpha value is -3.28. The van der Waals surface area contributed by atoms with Gasteiger partial charge in [-0.15, -0.1) is 0 Å². The molecule has 4 rings (SSSR count). The van der Waals surface area contributed by atoms with Crippen molar-refractivity contribution in [3.63, 3.8) is 0 Å². The number of aromatic nitrogens is 2. The molecule has 0 saturated carbocycles. The third kappa shape index (κ3) is 4.01. The SMILES string of the molecule is CC(CNC(=O)NCc1cccc(-n2cccn2)c1)N1CCc2ccccc21. The van der Waals surface area contributed by atoms with Gasteiger partial charge in [0.15, 0.2) is 0 Å². The quantitative estimate of drug-likeness (QED) is 0.696. The molecule has 3 aromatic rings. The van der Waals surface area contributed by atoms with Crippen LogP contribution in [0.3, 0.4) is 0 Å². The molecule has 144 valence electrons. The summed E-state index contributed by atoms with van der Waals surface area (Å²) in [6, 6.07) is 18.5. The first-order valence-electron chi connectivity index (χ1n) is 9.66. The molecular weight excluding hydrogens is 350 g/mol. The average molecular weight is 375 g/mol. The lowest BCUT2D eigenvalue weighted by Crippen LogP contribution is -2.44. The van der Waals surface area contributed by atoms with Crippen LogP contribution in [0.15, 0.2) is 67.0 Å². The molecule has 2 aromatic carbocycles. The van der Waals surface area contributed by atoms with Gasteiger partial charge in [-0.25, -0.2) is 9.48 Å². The number of fused-ring (bicyclic) bond motifs is 1. The van der Waals surface area contributed by atoms with Crippen LogP contribution in [-0.4, -0.2) is 34.9 Å². The molecule has 2 heterocycles. The van der Waals surface area contributed by atoms with Gasteiger partial charge in [-0.05, 0) is 48.7 Å². The number of hydrogen-bond donors (Lipinski definition) is 2. The van der Waals surface area contributed by atoms with Gasteiger partial charge in [0.05, 0.1) is 5.69 Å². The molecule has 2 amide bonds. The first-order valence-corrected chi connectivity index (χ1v) is 9.66. The van der Waals surface area contributed by atoms with Crippen LogP contribution in [0, 0.1) is 0 Å². The number of carbonyl (C=O) groups is 1. The normalized spacial score (nSPS) is 13.8. The molecule has 1 unspecified atom stereocenters. The van der Waals surface area contributed by atoms with Gasteiger partial charge < -0.3 is 15.5 Å². The highest BCUT2D eigenvalue weighted by atomic mass is 16.2. The predicted molar refractivity (Wildman–Crippen MR) is 111 cm³/mol. The fourth-order valence-corrected chi connectivity index (χ4v) is 3.65. The second kappa shape index (κ2) is 8.17. The van der Waals surface area contributed by atoms with Gasteiger partial charge in [-0.1, -0.05) is 30.3 Å². The Bertz CT molecular complexity index is 938. The summed E-state index contributed by atoms with van der Waals surface area (Å²) in [5.74, 6) is 0. The van der Waals surface area contributed by atoms with Gasteiger partial charge >= 0.3 is 6.03 Å². The molecule has 2 N–H and O–H groups in total. The van der Waals surface area contributed by atoms with Gasteiger partial charge in [-0.2, -0.15) is 5.10 Å². The predicted octanol–water partition coefficient (Wildman–Crippen LogP) is 3.12. The zero-order chi connectivity index (χ0) is 19.3. The number of urea groups is 1. The summed E-state index contributed by atoms with van der Waals surface area (Å²) in [4.78, 5) is 14.6. The summed E-state index contributed by atoms with van der Waals surface area (Å²) in [7, 11) is 0. The van der Waals surface area contributed by atoms with Crippen LogP contribution in [0.25, 0.3) is 5.69 Å². The minimum Gasteiger partial charge on any atom is -0.366 e. The van der Waals surface area contributed by atoms with E-state index in [-0.39, 0.29) is 12.1 Å². The fourth-order valence-electron chi connectivity index (χ4n) is 3.65. The largest absolute Gasteiger partial charge is 0.366 e. The lowest BCUT2D eigenvalue weighted by molar-refractivity contribution is 0.240. The number of carbonyl (C=O) groups excluding carboxylic acids is 1. The van der Waals surface area contributed by atoms with Crippen LogP contribution in [0.2, 0.25) is 0 Å². The molecule has 6 nitrogen and oxygen atoms in total. The van der Waals surface area contributed by atoms with E-state index in [1.807, 2.05) is 36.5 Å². The van der Waals surface area contributed by atoms with E-state index in [4.69, 9.17) is 0 Å². The number of para-hydroxylation sites is 1. The van der Waals surface area contributed by atoms with Gasteiger partial charge in [0, 0.05) is 43.8 Å². The Kier molecular flexibility index (Phi) is 5.28. The second-order valence-electron chi connectivity index (χ2n) is 7.11. The zero-order valence-electron chi connectivity index (χ0n) is 16.0. The molecule has 0 aliphatic carbocycles. The van der Waals surface area contributed by atoms with E-state index in [0.29, 0.717) is 13.1 Å². The van der Waals surface area contributed by atoms with Crippen molar-refractivity contribution in [1.82, 2.24) is 20.4 Å². The van der Waals surface area contributed by atoms with Crippen LogP contribution in [0.1, 0.15) is 18.1 Å². The number of rotatable bonds is 6. The number of anilines is 1. The fraction of sp³-hybridized carbons (Fsp3) is 0.273. The summed E-state index contributed by atoms with van der Waals surface area (Å²) in [5.41, 5.74) is 4.68. The molecule has 0 radical (unpaired) electrons. The minimum atomic E-state index is -0.149. The third-order valence-electron chi connectivity index (χ3n) is 5.15. The molecule has 0 spiro atoms. The van der Waals surface area contributed by atoms with Crippen molar-refractivity contribution in [1.29, 1.82) is 0 Å². The highest BCUT2D eigenvalue weighted by Gasteiger charge is 2.22. The van der Waals surface area contributed by atoms with E-state index in [2.05, 4.69) is 51.8 Å². The first-order chi connectivity index (χ1) is 13.7. The molecule has 1 aliphatic heterocycles. The van der Waals surface area contributed by atoms with Crippen molar-refractivity contribution >= 4 is 11.7 Å². The van der Waals surface area contributed by atoms with Crippen LogP contribution < -0.4 is 15.5 Å². The highest BCUT2D eigenvalue weighted by molar-refractivity contribution is 5.74. The maximum absolute atomic E-state index is 12.2. The van der Waals surface area contributed by atoms with Crippen molar-refractivity contribution in [2.45, 2.75) is 25.9 Å². The van der Waals surface area contributed by atoms with Gasteiger partial charge in [0.1, 0.15) is 0 Å². The van der Waals surface area contributed by atoms with E-state index in [1.165, 1.54) is 11.3 Å². The van der Waals surface area contributed by atoms with Gasteiger partial charge in [-0.3, -0.25) is 0 Å². The zero-order valence-corrected chi connectivity index (χ0v) is 16.0. The highest BCUT2D eigenvalue weighted by Crippen LogP contribution is 2.28. The van der Waals surface area contributed by atoms with Crippen LogP contribution in [0.5, 0.6) is 0 Å². The number of benzene rings is 2. The molecule has 6 heteroatoms. The van der Waals surface area contributed by atoms with Crippen molar-refractivity contribution in [2.24, 2.45) is 0 Å². The average Bonchev–Trinajstić information content (AvgIpc) is 3.40. The number of amides is 2. The van der Waals surface area contributed by atoms with Crippen molar-refractivity contribution < 1.29 is 4.79 Å². The Morgan fingerprint density at radius 3 is 2.89 bits per heavy atom. The number of nitrogens with zero attached hydrogens (tertiary/aromatic N) is 3. The Balaban J connectivity index is 1.27. The topological polar surface area (TPSA) is 62.2 Å². The lowest BCUT2D eigenvalue weighted by atomic mass is 10.2. The number of hydrogen-bond acceptors (Lipinski definition) is 3. The molecule has 0 saturated heterocycles. The standard InChI is InChI=1S/C22H25N5O/c1-17(26-13-10-19-7-2-3-9-21(19)26)15-23-22(28)24-16-18-6-4-8-20(14-18)27-12-5-11-25-27/h2-9,11-12,14,17H,10,13,15-16H2,1H3,(H2,23,24,28). The molecule has 28 heavy (non-hydrogen) atoms. The van der Waals surface area contributed by atoms with Crippen molar-refractivity contribution in [2.75, 3.05) is 18.0 Å². The summed E-state index contributed by atoms with van der Waals surface area (Å²) in [6.07, 6.45) is 4.72. The molecule has 0 fully saturated rings. The summed E-state index contributed by atoms with van der Waals surface area (Å²) >= 11 is 0. The van der Waals surface area contributed by atoms with Crippen molar-refractivity contribution in [3.05, 3.63) is 78.1 Å². The lowest BCUT2D eigenvalue weighted by Gasteiger charge is -2.27. The van der Waals surface area contributed by atoms with Crippen molar-refractivity contribution in [3.8, 4) is 5.69 Å². The molecule has 1 aliphatic rings. The van der Waals surface area contributed by atoms with Crippen LogP contribution in [0.4, 0.5) is 10.5 Å². The van der Waals surface area contributed by atoms with Crippen LogP contribution >= 0.6 is 0 Å².